The van der Waals surface area contributed by atoms with Crippen molar-refractivity contribution in [2.45, 2.75) is 6.92 Å². The van der Waals surface area contributed by atoms with Crippen LogP contribution in [-0.2, 0) is 4.74 Å². The molecule has 130 valence electrons. The summed E-state index contributed by atoms with van der Waals surface area (Å²) in [6.45, 7) is 1.70. The van der Waals surface area contributed by atoms with Crippen molar-refractivity contribution >= 4 is 46.5 Å². The summed E-state index contributed by atoms with van der Waals surface area (Å²) in [6, 6.07) is 7.75. The number of benzene rings is 2. The third-order valence-electron chi connectivity index (χ3n) is 3.02. The zero-order chi connectivity index (χ0) is 18.6. The highest BCUT2D eigenvalue weighted by atomic mass is 35.5. The Bertz CT molecular complexity index is 834. The summed E-state index contributed by atoms with van der Waals surface area (Å²) in [6.07, 6.45) is 0. The SMILES string of the molecule is CCOC(=O)c1cc(C(=O)Nc2cc(Cl)cc(Cl)c2)cc([N+](=O)[O-])c1. The van der Waals surface area contributed by atoms with E-state index in [1.807, 2.05) is 0 Å². The van der Waals surface area contributed by atoms with E-state index in [2.05, 4.69) is 5.32 Å². The molecule has 0 atom stereocenters. The molecule has 0 bridgehead atoms. The summed E-state index contributed by atoms with van der Waals surface area (Å²) in [5.74, 6) is -1.42. The summed E-state index contributed by atoms with van der Waals surface area (Å²) < 4.78 is 4.82. The topological polar surface area (TPSA) is 98.5 Å². The molecule has 0 aliphatic rings. The lowest BCUT2D eigenvalue weighted by Crippen LogP contribution is -2.14. The molecule has 0 fully saturated rings. The number of carbonyl (C=O) groups excluding carboxylic acids is 2. The first-order chi connectivity index (χ1) is 11.8. The summed E-state index contributed by atoms with van der Waals surface area (Å²) >= 11 is 11.7. The minimum Gasteiger partial charge on any atom is -0.462 e. The molecule has 0 saturated carbocycles. The Kier molecular flexibility index (Phi) is 5.95. The molecule has 0 aliphatic carbocycles. The fourth-order valence-corrected chi connectivity index (χ4v) is 2.54. The van der Waals surface area contributed by atoms with E-state index in [4.69, 9.17) is 27.9 Å². The molecule has 25 heavy (non-hydrogen) atoms. The standard InChI is InChI=1S/C16H12Cl2N2O5/c1-2-25-16(22)10-3-9(4-14(5-10)20(23)24)15(21)19-13-7-11(17)6-12(18)8-13/h3-8H,2H2,1H3,(H,19,21). The molecule has 0 radical (unpaired) electrons. The maximum absolute atomic E-state index is 12.4. The molecule has 2 aromatic carbocycles. The van der Waals surface area contributed by atoms with Crippen LogP contribution >= 0.6 is 23.2 Å². The first-order valence-corrected chi connectivity index (χ1v) is 7.79. The summed E-state index contributed by atoms with van der Waals surface area (Å²) in [5, 5.41) is 14.2. The van der Waals surface area contributed by atoms with Crippen LogP contribution in [0, 0.1) is 10.1 Å². The molecule has 1 N–H and O–H groups in total. The third-order valence-corrected chi connectivity index (χ3v) is 3.46. The van der Waals surface area contributed by atoms with Gasteiger partial charge in [-0.15, -0.1) is 0 Å². The van der Waals surface area contributed by atoms with Crippen LogP contribution in [0.2, 0.25) is 10.0 Å². The smallest absolute Gasteiger partial charge is 0.338 e. The van der Waals surface area contributed by atoms with Gasteiger partial charge in [0.2, 0.25) is 0 Å². The highest BCUT2D eigenvalue weighted by molar-refractivity contribution is 6.35. The van der Waals surface area contributed by atoms with E-state index < -0.39 is 22.5 Å². The minimum atomic E-state index is -0.758. The van der Waals surface area contributed by atoms with Crippen LogP contribution in [-0.4, -0.2) is 23.4 Å². The molecule has 0 aliphatic heterocycles. The second-order valence-corrected chi connectivity index (χ2v) is 5.73. The van der Waals surface area contributed by atoms with Gasteiger partial charge in [-0.2, -0.15) is 0 Å². The van der Waals surface area contributed by atoms with Gasteiger partial charge in [0.1, 0.15) is 0 Å². The van der Waals surface area contributed by atoms with Crippen molar-refractivity contribution in [2.24, 2.45) is 0 Å². The van der Waals surface area contributed by atoms with Crippen molar-refractivity contribution in [3.63, 3.8) is 0 Å². The largest absolute Gasteiger partial charge is 0.462 e. The Morgan fingerprint density at radius 3 is 2.24 bits per heavy atom. The Morgan fingerprint density at radius 1 is 1.08 bits per heavy atom. The molecule has 2 aromatic rings. The summed E-state index contributed by atoms with van der Waals surface area (Å²) in [5.41, 5.74) is -0.259. The quantitative estimate of drug-likeness (QED) is 0.471. The Hall–Kier alpha value is -2.64. The van der Waals surface area contributed by atoms with Crippen molar-refractivity contribution in [1.82, 2.24) is 0 Å². The number of nitrogens with zero attached hydrogens (tertiary/aromatic N) is 1. The average Bonchev–Trinajstić information content (AvgIpc) is 2.53. The lowest BCUT2D eigenvalue weighted by molar-refractivity contribution is -0.384. The van der Waals surface area contributed by atoms with Gasteiger partial charge in [0.05, 0.1) is 17.1 Å². The number of rotatable bonds is 5. The van der Waals surface area contributed by atoms with E-state index in [1.165, 1.54) is 24.3 Å². The van der Waals surface area contributed by atoms with Gasteiger partial charge in [0, 0.05) is 33.4 Å². The monoisotopic (exact) mass is 382 g/mol. The number of esters is 1. The van der Waals surface area contributed by atoms with Crippen molar-refractivity contribution in [1.29, 1.82) is 0 Å². The van der Waals surface area contributed by atoms with E-state index in [0.717, 1.165) is 12.1 Å². The molecule has 1 amide bonds. The highest BCUT2D eigenvalue weighted by Crippen LogP contribution is 2.24. The molecular formula is C16H12Cl2N2O5. The molecule has 0 heterocycles. The number of ether oxygens (including phenoxy) is 1. The number of halogens is 2. The van der Waals surface area contributed by atoms with Crippen LogP contribution in [0.5, 0.6) is 0 Å². The van der Waals surface area contributed by atoms with Crippen LogP contribution in [0.1, 0.15) is 27.6 Å². The molecule has 7 nitrogen and oxygen atoms in total. The van der Waals surface area contributed by atoms with Crippen LogP contribution in [0.3, 0.4) is 0 Å². The lowest BCUT2D eigenvalue weighted by Gasteiger charge is -2.08. The molecule has 0 aromatic heterocycles. The Balaban J connectivity index is 2.37. The van der Waals surface area contributed by atoms with E-state index in [1.54, 1.807) is 6.92 Å². The first kappa shape index (κ1) is 18.7. The van der Waals surface area contributed by atoms with Gasteiger partial charge < -0.3 is 10.1 Å². The predicted molar refractivity (Wildman–Crippen MR) is 93.5 cm³/mol. The number of carbonyl (C=O) groups is 2. The van der Waals surface area contributed by atoms with E-state index in [-0.39, 0.29) is 17.7 Å². The fourth-order valence-electron chi connectivity index (χ4n) is 2.01. The van der Waals surface area contributed by atoms with Gasteiger partial charge in [-0.05, 0) is 31.2 Å². The van der Waals surface area contributed by atoms with Gasteiger partial charge in [-0.1, -0.05) is 23.2 Å². The molecule has 0 saturated heterocycles. The van der Waals surface area contributed by atoms with Gasteiger partial charge >= 0.3 is 5.97 Å². The predicted octanol–water partition coefficient (Wildman–Crippen LogP) is 4.33. The van der Waals surface area contributed by atoms with Crippen LogP contribution in [0.4, 0.5) is 11.4 Å². The number of amides is 1. The lowest BCUT2D eigenvalue weighted by atomic mass is 10.1. The number of anilines is 1. The second kappa shape index (κ2) is 7.96. The minimum absolute atomic E-state index is 0.0756. The van der Waals surface area contributed by atoms with E-state index in [0.29, 0.717) is 15.7 Å². The molecule has 0 spiro atoms. The number of non-ortho nitro benzene ring substituents is 1. The normalized spacial score (nSPS) is 10.2. The average molecular weight is 383 g/mol. The molecule has 2 rings (SSSR count). The first-order valence-electron chi connectivity index (χ1n) is 7.04. The van der Waals surface area contributed by atoms with Crippen molar-refractivity contribution in [2.75, 3.05) is 11.9 Å². The molecular weight excluding hydrogens is 371 g/mol. The van der Waals surface area contributed by atoms with Crippen molar-refractivity contribution < 1.29 is 19.2 Å². The van der Waals surface area contributed by atoms with Crippen molar-refractivity contribution in [3.8, 4) is 0 Å². The van der Waals surface area contributed by atoms with Crippen LogP contribution < -0.4 is 5.32 Å². The summed E-state index contributed by atoms with van der Waals surface area (Å²) in [7, 11) is 0. The maximum Gasteiger partial charge on any atom is 0.338 e. The molecule has 0 unspecified atom stereocenters. The number of nitro groups is 1. The molecule has 9 heteroatoms. The van der Waals surface area contributed by atoms with Crippen molar-refractivity contribution in [3.05, 3.63) is 67.7 Å². The Morgan fingerprint density at radius 2 is 1.68 bits per heavy atom. The zero-order valence-electron chi connectivity index (χ0n) is 12.9. The number of hydrogen-bond donors (Lipinski definition) is 1. The van der Waals surface area contributed by atoms with Crippen LogP contribution in [0.15, 0.2) is 36.4 Å². The van der Waals surface area contributed by atoms with Gasteiger partial charge in [0.15, 0.2) is 0 Å². The summed E-state index contributed by atoms with van der Waals surface area (Å²) in [4.78, 5) is 34.5. The van der Waals surface area contributed by atoms with E-state index in [9.17, 15) is 19.7 Å². The second-order valence-electron chi connectivity index (χ2n) is 4.86. The fraction of sp³-hybridized carbons (Fsp3) is 0.125. The zero-order valence-corrected chi connectivity index (χ0v) is 14.4. The number of nitro benzene ring substituents is 1. The maximum atomic E-state index is 12.4. The number of nitrogens with one attached hydrogen (secondary N) is 1. The third kappa shape index (κ3) is 4.91. The number of hydrogen-bond acceptors (Lipinski definition) is 5. The Labute approximate surface area is 152 Å². The van der Waals surface area contributed by atoms with E-state index >= 15 is 0 Å². The van der Waals surface area contributed by atoms with Gasteiger partial charge in [-0.3, -0.25) is 14.9 Å². The van der Waals surface area contributed by atoms with Crippen LogP contribution in [0.25, 0.3) is 0 Å². The van der Waals surface area contributed by atoms with Gasteiger partial charge in [-0.25, -0.2) is 4.79 Å². The van der Waals surface area contributed by atoms with Gasteiger partial charge in [0.25, 0.3) is 11.6 Å². The highest BCUT2D eigenvalue weighted by Gasteiger charge is 2.19.